The number of thioether (sulfide) groups is 1. The van der Waals surface area contributed by atoms with Crippen LogP contribution in [0.2, 0.25) is 0 Å². The van der Waals surface area contributed by atoms with E-state index in [1.54, 1.807) is 0 Å². The Morgan fingerprint density at radius 3 is 2.95 bits per heavy atom. The van der Waals surface area contributed by atoms with E-state index in [-0.39, 0.29) is 0 Å². The number of aromatic nitrogens is 2. The molecule has 2 aromatic rings. The van der Waals surface area contributed by atoms with Crippen LogP contribution in [0.4, 0.5) is 0 Å². The first kappa shape index (κ1) is 13.3. The molecule has 1 aliphatic heterocycles. The predicted octanol–water partition coefficient (Wildman–Crippen LogP) is 1.51. The average molecular weight is 289 g/mol. The van der Waals surface area contributed by atoms with Crippen LogP contribution in [0, 0.1) is 6.92 Å². The number of fused-ring (bicyclic) bond motifs is 1. The van der Waals surface area contributed by atoms with Gasteiger partial charge in [-0.05, 0) is 18.6 Å². The lowest BCUT2D eigenvalue weighted by Gasteiger charge is -2.27. The Morgan fingerprint density at radius 2 is 2.15 bits per heavy atom. The summed E-state index contributed by atoms with van der Waals surface area (Å²) >= 11 is 1.97. The first-order chi connectivity index (χ1) is 9.72. The highest BCUT2D eigenvalue weighted by Gasteiger charge is 2.12. The lowest BCUT2D eigenvalue weighted by Crippen LogP contribution is -2.42. The van der Waals surface area contributed by atoms with Gasteiger partial charge < -0.3 is 15.0 Å². The summed E-state index contributed by atoms with van der Waals surface area (Å²) in [4.78, 5) is 11.2. The maximum Gasteiger partial charge on any atom is 0.191 e. The first-order valence-corrected chi connectivity index (χ1v) is 7.95. The first-order valence-electron chi connectivity index (χ1n) is 6.79. The SMILES string of the molecule is Cc1ccc2nc(CN=C(N)N3CCSCC3)cn2c1. The number of imidazole rings is 1. The molecule has 20 heavy (non-hydrogen) atoms. The van der Waals surface area contributed by atoms with Crippen molar-refractivity contribution in [2.45, 2.75) is 13.5 Å². The third-order valence-corrected chi connectivity index (χ3v) is 4.33. The number of pyridine rings is 1. The summed E-state index contributed by atoms with van der Waals surface area (Å²) in [5, 5.41) is 0. The molecule has 0 unspecified atom stereocenters. The maximum absolute atomic E-state index is 6.05. The molecule has 106 valence electrons. The highest BCUT2D eigenvalue weighted by Crippen LogP contribution is 2.10. The van der Waals surface area contributed by atoms with Gasteiger partial charge in [-0.15, -0.1) is 0 Å². The summed E-state index contributed by atoms with van der Waals surface area (Å²) in [5.41, 5.74) is 9.17. The van der Waals surface area contributed by atoms with Crippen LogP contribution < -0.4 is 5.73 Å². The Bertz CT molecular complexity index is 628. The van der Waals surface area contributed by atoms with E-state index in [0.717, 1.165) is 35.9 Å². The highest BCUT2D eigenvalue weighted by atomic mass is 32.2. The molecule has 0 amide bonds. The monoisotopic (exact) mass is 289 g/mol. The van der Waals surface area contributed by atoms with E-state index in [1.807, 2.05) is 28.4 Å². The van der Waals surface area contributed by atoms with E-state index in [2.05, 4.69) is 34.1 Å². The van der Waals surface area contributed by atoms with Gasteiger partial charge in [0.1, 0.15) is 5.65 Å². The van der Waals surface area contributed by atoms with Gasteiger partial charge in [-0.1, -0.05) is 6.07 Å². The van der Waals surface area contributed by atoms with Crippen molar-refractivity contribution in [1.82, 2.24) is 14.3 Å². The molecule has 0 aliphatic carbocycles. The van der Waals surface area contributed by atoms with Crippen molar-refractivity contribution in [3.63, 3.8) is 0 Å². The minimum absolute atomic E-state index is 0.538. The molecule has 6 heteroatoms. The van der Waals surface area contributed by atoms with Crippen LogP contribution in [0.1, 0.15) is 11.3 Å². The molecular weight excluding hydrogens is 270 g/mol. The second-order valence-corrected chi connectivity index (χ2v) is 6.20. The van der Waals surface area contributed by atoms with Crippen LogP contribution in [-0.4, -0.2) is 44.8 Å². The molecule has 0 spiro atoms. The molecule has 0 saturated carbocycles. The number of nitrogens with zero attached hydrogens (tertiary/aromatic N) is 4. The summed E-state index contributed by atoms with van der Waals surface area (Å²) in [6.07, 6.45) is 4.09. The number of aliphatic imine (C=N–C) groups is 1. The van der Waals surface area contributed by atoms with Gasteiger partial charge in [0.2, 0.25) is 0 Å². The average Bonchev–Trinajstić information content (AvgIpc) is 2.87. The predicted molar refractivity (Wildman–Crippen MR) is 84.2 cm³/mol. The van der Waals surface area contributed by atoms with E-state index in [0.29, 0.717) is 12.5 Å². The Morgan fingerprint density at radius 1 is 1.35 bits per heavy atom. The zero-order chi connectivity index (χ0) is 13.9. The molecule has 1 aliphatic rings. The van der Waals surface area contributed by atoms with E-state index in [9.17, 15) is 0 Å². The van der Waals surface area contributed by atoms with Crippen molar-refractivity contribution in [1.29, 1.82) is 0 Å². The molecule has 0 aromatic carbocycles. The molecule has 2 aromatic heterocycles. The zero-order valence-electron chi connectivity index (χ0n) is 11.6. The van der Waals surface area contributed by atoms with Gasteiger partial charge in [0.05, 0.1) is 12.2 Å². The van der Waals surface area contributed by atoms with Gasteiger partial charge >= 0.3 is 0 Å². The second kappa shape index (κ2) is 5.75. The van der Waals surface area contributed by atoms with Gasteiger partial charge in [-0.3, -0.25) is 0 Å². The summed E-state index contributed by atoms with van der Waals surface area (Å²) in [6, 6.07) is 4.09. The maximum atomic E-state index is 6.05. The van der Waals surface area contributed by atoms with Crippen LogP contribution in [-0.2, 0) is 6.54 Å². The van der Waals surface area contributed by atoms with Crippen LogP contribution in [0.5, 0.6) is 0 Å². The van der Waals surface area contributed by atoms with Gasteiger partial charge in [0, 0.05) is 37.0 Å². The molecule has 5 nitrogen and oxygen atoms in total. The Hall–Kier alpha value is -1.69. The number of nitrogens with two attached hydrogens (primary N) is 1. The summed E-state index contributed by atoms with van der Waals surface area (Å²) < 4.78 is 2.04. The minimum atomic E-state index is 0.538. The van der Waals surface area contributed by atoms with E-state index >= 15 is 0 Å². The summed E-state index contributed by atoms with van der Waals surface area (Å²) in [6.45, 7) is 4.59. The smallest absolute Gasteiger partial charge is 0.191 e. The third-order valence-electron chi connectivity index (χ3n) is 3.39. The van der Waals surface area contributed by atoms with E-state index < -0.39 is 0 Å². The number of guanidine groups is 1. The lowest BCUT2D eigenvalue weighted by atomic mass is 10.3. The topological polar surface area (TPSA) is 58.9 Å². The zero-order valence-corrected chi connectivity index (χ0v) is 12.4. The number of hydrogen-bond acceptors (Lipinski definition) is 3. The van der Waals surface area contributed by atoms with Gasteiger partial charge in [-0.25, -0.2) is 9.98 Å². The Kier molecular flexibility index (Phi) is 3.82. The fourth-order valence-electron chi connectivity index (χ4n) is 2.29. The highest BCUT2D eigenvalue weighted by molar-refractivity contribution is 7.99. The fourth-order valence-corrected chi connectivity index (χ4v) is 3.19. The molecule has 1 fully saturated rings. The molecule has 2 N–H and O–H groups in total. The number of hydrogen-bond donors (Lipinski definition) is 1. The normalized spacial score (nSPS) is 16.9. The molecule has 3 heterocycles. The quantitative estimate of drug-likeness (QED) is 0.672. The summed E-state index contributed by atoms with van der Waals surface area (Å²) in [5.74, 6) is 2.90. The Labute approximate surface area is 122 Å². The Balaban J connectivity index is 1.72. The third kappa shape index (κ3) is 2.90. The molecular formula is C14H19N5S. The van der Waals surface area contributed by atoms with Crippen molar-refractivity contribution in [3.05, 3.63) is 35.8 Å². The molecule has 1 saturated heterocycles. The van der Waals surface area contributed by atoms with Crippen LogP contribution >= 0.6 is 11.8 Å². The van der Waals surface area contributed by atoms with Crippen molar-refractivity contribution in [2.24, 2.45) is 10.7 Å². The van der Waals surface area contributed by atoms with Gasteiger partial charge in [0.25, 0.3) is 0 Å². The van der Waals surface area contributed by atoms with Crippen LogP contribution in [0.3, 0.4) is 0 Å². The number of rotatable bonds is 2. The second-order valence-electron chi connectivity index (χ2n) is 4.98. The van der Waals surface area contributed by atoms with Crippen molar-refractivity contribution < 1.29 is 0 Å². The number of aryl methyl sites for hydroxylation is 1. The molecule has 0 radical (unpaired) electrons. The van der Waals surface area contributed by atoms with Crippen molar-refractivity contribution in [2.75, 3.05) is 24.6 Å². The lowest BCUT2D eigenvalue weighted by molar-refractivity contribution is 0.455. The molecule has 3 rings (SSSR count). The molecule has 0 atom stereocenters. The fraction of sp³-hybridized carbons (Fsp3) is 0.429. The van der Waals surface area contributed by atoms with Crippen LogP contribution in [0.15, 0.2) is 29.5 Å². The largest absolute Gasteiger partial charge is 0.370 e. The van der Waals surface area contributed by atoms with Gasteiger partial charge in [-0.2, -0.15) is 11.8 Å². The van der Waals surface area contributed by atoms with Crippen LogP contribution in [0.25, 0.3) is 5.65 Å². The van der Waals surface area contributed by atoms with E-state index in [1.165, 1.54) is 5.56 Å². The molecule has 0 bridgehead atoms. The van der Waals surface area contributed by atoms with E-state index in [4.69, 9.17) is 5.73 Å². The summed E-state index contributed by atoms with van der Waals surface area (Å²) in [7, 11) is 0. The van der Waals surface area contributed by atoms with Gasteiger partial charge in [0.15, 0.2) is 5.96 Å². The minimum Gasteiger partial charge on any atom is -0.370 e. The standard InChI is InChI=1S/C14H19N5S/c1-11-2-3-13-17-12(10-19(13)9-11)8-16-14(15)18-4-6-20-7-5-18/h2-3,9-10H,4-8H2,1H3,(H2,15,16). The van der Waals surface area contributed by atoms with Crippen molar-refractivity contribution >= 4 is 23.4 Å². The van der Waals surface area contributed by atoms with Crippen molar-refractivity contribution in [3.8, 4) is 0 Å².